The standard InChI is InChI=1S/C7H3BrF2INO/c8-6-4(11)1-3(2-13)5(12-6)7(9)10/h1-2,7H. The zero-order valence-corrected chi connectivity index (χ0v) is 9.84. The third kappa shape index (κ3) is 2.43. The van der Waals surface area contributed by atoms with Crippen molar-refractivity contribution in [2.75, 3.05) is 0 Å². The van der Waals surface area contributed by atoms with E-state index in [2.05, 4.69) is 20.9 Å². The minimum Gasteiger partial charge on any atom is -0.298 e. The van der Waals surface area contributed by atoms with Gasteiger partial charge in [0.25, 0.3) is 6.43 Å². The fraction of sp³-hybridized carbons (Fsp3) is 0.143. The lowest BCUT2D eigenvalue weighted by atomic mass is 10.2. The van der Waals surface area contributed by atoms with Crippen LogP contribution in [0.3, 0.4) is 0 Å². The first kappa shape index (κ1) is 11.0. The van der Waals surface area contributed by atoms with Crippen molar-refractivity contribution in [1.29, 1.82) is 0 Å². The molecule has 0 aromatic carbocycles. The van der Waals surface area contributed by atoms with Gasteiger partial charge in [-0.25, -0.2) is 13.8 Å². The molecule has 0 fully saturated rings. The van der Waals surface area contributed by atoms with Gasteiger partial charge in [0.2, 0.25) is 0 Å². The van der Waals surface area contributed by atoms with E-state index in [0.717, 1.165) is 0 Å². The molecule has 0 aliphatic rings. The molecule has 0 N–H and O–H groups in total. The molecule has 0 saturated carbocycles. The molecule has 0 amide bonds. The van der Waals surface area contributed by atoms with Crippen molar-refractivity contribution in [3.63, 3.8) is 0 Å². The lowest BCUT2D eigenvalue weighted by Crippen LogP contribution is -1.99. The molecule has 0 unspecified atom stereocenters. The van der Waals surface area contributed by atoms with Crippen LogP contribution in [0, 0.1) is 3.57 Å². The minimum absolute atomic E-state index is 0.0670. The van der Waals surface area contributed by atoms with Gasteiger partial charge in [0.05, 0.1) is 0 Å². The fourth-order valence-electron chi connectivity index (χ4n) is 0.763. The number of rotatable bonds is 2. The van der Waals surface area contributed by atoms with Crippen molar-refractivity contribution >= 4 is 44.8 Å². The van der Waals surface area contributed by atoms with Crippen LogP contribution in [-0.4, -0.2) is 11.3 Å². The van der Waals surface area contributed by atoms with E-state index >= 15 is 0 Å². The van der Waals surface area contributed by atoms with Crippen LogP contribution in [0.1, 0.15) is 22.5 Å². The molecule has 2 nitrogen and oxygen atoms in total. The van der Waals surface area contributed by atoms with Crippen LogP contribution < -0.4 is 0 Å². The molecule has 70 valence electrons. The van der Waals surface area contributed by atoms with Crippen LogP contribution in [0.15, 0.2) is 10.7 Å². The van der Waals surface area contributed by atoms with Gasteiger partial charge in [-0.1, -0.05) is 0 Å². The smallest absolute Gasteiger partial charge is 0.281 e. The number of hydrogen-bond donors (Lipinski definition) is 0. The van der Waals surface area contributed by atoms with Gasteiger partial charge in [-0.3, -0.25) is 4.79 Å². The van der Waals surface area contributed by atoms with Gasteiger partial charge in [-0.05, 0) is 44.6 Å². The first-order valence-corrected chi connectivity index (χ1v) is 5.02. The van der Waals surface area contributed by atoms with E-state index in [1.165, 1.54) is 6.07 Å². The number of aldehydes is 1. The van der Waals surface area contributed by atoms with Gasteiger partial charge in [0.1, 0.15) is 10.3 Å². The largest absolute Gasteiger partial charge is 0.298 e. The Labute approximate surface area is 95.0 Å². The molecule has 1 aromatic heterocycles. The molecular weight excluding hydrogens is 359 g/mol. The molecular formula is C7H3BrF2INO. The normalized spacial score (nSPS) is 10.5. The maximum atomic E-state index is 12.3. The van der Waals surface area contributed by atoms with Gasteiger partial charge in [-0.15, -0.1) is 0 Å². The first-order valence-electron chi connectivity index (χ1n) is 3.15. The van der Waals surface area contributed by atoms with Crippen molar-refractivity contribution in [3.8, 4) is 0 Å². The van der Waals surface area contributed by atoms with E-state index in [1.807, 2.05) is 22.6 Å². The molecule has 0 aliphatic heterocycles. The molecule has 0 radical (unpaired) electrons. The van der Waals surface area contributed by atoms with Crippen LogP contribution in [0.4, 0.5) is 8.78 Å². The summed E-state index contributed by atoms with van der Waals surface area (Å²) in [5, 5.41) is 0. The van der Waals surface area contributed by atoms with E-state index in [1.54, 1.807) is 0 Å². The first-order chi connectivity index (χ1) is 6.06. The molecule has 1 heterocycles. The Morgan fingerprint density at radius 2 is 2.23 bits per heavy atom. The molecule has 0 bridgehead atoms. The Kier molecular flexibility index (Phi) is 3.72. The molecule has 13 heavy (non-hydrogen) atoms. The molecule has 1 rings (SSSR count). The zero-order chi connectivity index (χ0) is 10.0. The summed E-state index contributed by atoms with van der Waals surface area (Å²) >= 11 is 4.91. The van der Waals surface area contributed by atoms with Crippen molar-refractivity contribution in [2.24, 2.45) is 0 Å². The monoisotopic (exact) mass is 361 g/mol. The summed E-state index contributed by atoms with van der Waals surface area (Å²) in [6, 6.07) is 1.37. The SMILES string of the molecule is O=Cc1cc(I)c(Br)nc1C(F)F. The van der Waals surface area contributed by atoms with Crippen LogP contribution in [-0.2, 0) is 0 Å². The second-order valence-corrected chi connectivity index (χ2v) is 4.07. The Hall–Kier alpha value is -0.110. The topological polar surface area (TPSA) is 30.0 Å². The summed E-state index contributed by atoms with van der Waals surface area (Å²) in [6.07, 6.45) is -2.35. The van der Waals surface area contributed by atoms with Crippen LogP contribution in [0.2, 0.25) is 0 Å². The van der Waals surface area contributed by atoms with E-state index in [4.69, 9.17) is 0 Å². The molecule has 0 spiro atoms. The second-order valence-electron chi connectivity index (χ2n) is 2.15. The van der Waals surface area contributed by atoms with Gasteiger partial charge >= 0.3 is 0 Å². The molecule has 0 atom stereocenters. The summed E-state index contributed by atoms with van der Waals surface area (Å²) in [5.74, 6) is 0. The molecule has 6 heteroatoms. The summed E-state index contributed by atoms with van der Waals surface area (Å²) < 4.78 is 25.5. The van der Waals surface area contributed by atoms with Crippen LogP contribution >= 0.6 is 38.5 Å². The van der Waals surface area contributed by atoms with E-state index in [0.29, 0.717) is 14.5 Å². The van der Waals surface area contributed by atoms with Gasteiger partial charge in [0.15, 0.2) is 6.29 Å². The van der Waals surface area contributed by atoms with Gasteiger partial charge in [-0.2, -0.15) is 0 Å². The second kappa shape index (κ2) is 4.41. The van der Waals surface area contributed by atoms with E-state index in [-0.39, 0.29) is 5.56 Å². The average Bonchev–Trinajstić information content (AvgIpc) is 2.08. The van der Waals surface area contributed by atoms with Crippen molar-refractivity contribution in [2.45, 2.75) is 6.43 Å². The number of aromatic nitrogens is 1. The molecule has 1 aromatic rings. The number of alkyl halides is 2. The van der Waals surface area contributed by atoms with Crippen molar-refractivity contribution in [3.05, 3.63) is 25.5 Å². The maximum Gasteiger partial charge on any atom is 0.281 e. The Bertz CT molecular complexity index is 346. The highest BCUT2D eigenvalue weighted by atomic mass is 127. The lowest BCUT2D eigenvalue weighted by molar-refractivity contribution is 0.110. The maximum absolute atomic E-state index is 12.3. The quantitative estimate of drug-likeness (QED) is 0.460. The Morgan fingerprint density at radius 1 is 1.62 bits per heavy atom. The zero-order valence-electron chi connectivity index (χ0n) is 6.10. The Morgan fingerprint density at radius 3 is 2.69 bits per heavy atom. The van der Waals surface area contributed by atoms with Crippen molar-refractivity contribution in [1.82, 2.24) is 4.98 Å². The van der Waals surface area contributed by atoms with Crippen LogP contribution in [0.5, 0.6) is 0 Å². The highest BCUT2D eigenvalue weighted by Gasteiger charge is 2.16. The number of halogens is 4. The predicted molar refractivity (Wildman–Crippen MR) is 55.0 cm³/mol. The third-order valence-electron chi connectivity index (χ3n) is 1.33. The highest BCUT2D eigenvalue weighted by molar-refractivity contribution is 14.1. The predicted octanol–water partition coefficient (Wildman–Crippen LogP) is 3.20. The summed E-state index contributed by atoms with van der Waals surface area (Å²) in [5.41, 5.74) is -0.551. The number of carbonyl (C=O) groups excluding carboxylic acids is 1. The number of hydrogen-bond acceptors (Lipinski definition) is 2. The lowest BCUT2D eigenvalue weighted by Gasteiger charge is -2.04. The average molecular weight is 362 g/mol. The minimum atomic E-state index is -2.73. The summed E-state index contributed by atoms with van der Waals surface area (Å²) in [6.45, 7) is 0. The van der Waals surface area contributed by atoms with Gasteiger partial charge in [0, 0.05) is 9.13 Å². The summed E-state index contributed by atoms with van der Waals surface area (Å²) in [4.78, 5) is 14.0. The number of nitrogens with zero attached hydrogens (tertiary/aromatic N) is 1. The number of carbonyl (C=O) groups is 1. The van der Waals surface area contributed by atoms with Gasteiger partial charge < -0.3 is 0 Å². The number of pyridine rings is 1. The van der Waals surface area contributed by atoms with Crippen LogP contribution in [0.25, 0.3) is 0 Å². The molecule has 0 saturated heterocycles. The third-order valence-corrected chi connectivity index (χ3v) is 3.50. The molecule has 0 aliphatic carbocycles. The van der Waals surface area contributed by atoms with E-state index < -0.39 is 12.1 Å². The summed E-state index contributed by atoms with van der Waals surface area (Å²) in [7, 11) is 0. The van der Waals surface area contributed by atoms with Crippen molar-refractivity contribution < 1.29 is 13.6 Å². The fourth-order valence-corrected chi connectivity index (χ4v) is 1.52. The Balaban J connectivity index is 3.32. The highest BCUT2D eigenvalue weighted by Crippen LogP contribution is 2.25. The van der Waals surface area contributed by atoms with E-state index in [9.17, 15) is 13.6 Å².